The number of hydrogen-bond donors (Lipinski definition) is 3. The van der Waals surface area contributed by atoms with Crippen LogP contribution in [0.4, 0.5) is 0 Å². The summed E-state index contributed by atoms with van der Waals surface area (Å²) in [7, 11) is 0. The molecule has 1 rings (SSSR count). The maximum absolute atomic E-state index is 11.3. The summed E-state index contributed by atoms with van der Waals surface area (Å²) >= 11 is 0. The van der Waals surface area contributed by atoms with Crippen LogP contribution >= 0.6 is 0 Å². The Hall–Kier alpha value is -1.62. The summed E-state index contributed by atoms with van der Waals surface area (Å²) < 4.78 is 0. The number of carbonyl (C=O) groups is 1. The first-order chi connectivity index (χ1) is 6.74. The summed E-state index contributed by atoms with van der Waals surface area (Å²) in [6, 6.07) is -0.514. The van der Waals surface area contributed by atoms with E-state index in [4.69, 9.17) is 5.73 Å². The third-order valence-electron chi connectivity index (χ3n) is 1.78. The van der Waals surface area contributed by atoms with Crippen molar-refractivity contribution < 1.29 is 4.79 Å². The van der Waals surface area contributed by atoms with Gasteiger partial charge in [0.1, 0.15) is 0 Å². The van der Waals surface area contributed by atoms with Crippen LogP contribution in [-0.4, -0.2) is 22.1 Å². The average molecular weight is 194 g/mol. The van der Waals surface area contributed by atoms with Gasteiger partial charge in [-0.1, -0.05) is 6.08 Å². The Kier molecular flexibility index (Phi) is 3.87. The van der Waals surface area contributed by atoms with Gasteiger partial charge in [0, 0.05) is 18.3 Å². The Balaban J connectivity index is 2.31. The first-order valence-corrected chi connectivity index (χ1v) is 4.36. The smallest absolute Gasteiger partial charge is 0.237 e. The number of hydrogen-bond acceptors (Lipinski definition) is 3. The van der Waals surface area contributed by atoms with E-state index in [0.717, 1.165) is 5.56 Å². The fraction of sp³-hybridized carbons (Fsp3) is 0.333. The zero-order chi connectivity index (χ0) is 10.4. The number of nitrogens with two attached hydrogens (primary N) is 1. The number of H-pyrrole nitrogens is 1. The maximum Gasteiger partial charge on any atom is 0.237 e. The van der Waals surface area contributed by atoms with Crippen molar-refractivity contribution in [3.63, 3.8) is 0 Å². The quantitative estimate of drug-likeness (QED) is 0.574. The van der Waals surface area contributed by atoms with Gasteiger partial charge in [0.05, 0.1) is 12.2 Å². The Morgan fingerprint density at radius 2 is 2.64 bits per heavy atom. The standard InChI is InChI=1S/C9H14N4O/c1-2-3-8(10)9(14)11-4-7-5-12-13-6-7/h2,5-6,8H,1,3-4,10H2,(H,11,14)(H,12,13). The van der Waals surface area contributed by atoms with Crippen molar-refractivity contribution >= 4 is 5.91 Å². The normalized spacial score (nSPS) is 12.1. The van der Waals surface area contributed by atoms with Gasteiger partial charge in [0.15, 0.2) is 0 Å². The lowest BCUT2D eigenvalue weighted by Crippen LogP contribution is -2.39. The van der Waals surface area contributed by atoms with Crippen LogP contribution in [0.15, 0.2) is 25.0 Å². The molecule has 0 fully saturated rings. The molecule has 0 aromatic carbocycles. The molecule has 1 aromatic rings. The van der Waals surface area contributed by atoms with E-state index in [1.807, 2.05) is 0 Å². The van der Waals surface area contributed by atoms with Gasteiger partial charge in [-0.3, -0.25) is 9.89 Å². The summed E-state index contributed by atoms with van der Waals surface area (Å²) in [5, 5.41) is 9.11. The topological polar surface area (TPSA) is 83.8 Å². The van der Waals surface area contributed by atoms with Gasteiger partial charge < -0.3 is 11.1 Å². The first kappa shape index (κ1) is 10.5. The molecule has 1 amide bonds. The van der Waals surface area contributed by atoms with Crippen molar-refractivity contribution in [3.05, 3.63) is 30.6 Å². The molecular weight excluding hydrogens is 180 g/mol. The molecule has 0 aliphatic rings. The fourth-order valence-corrected chi connectivity index (χ4v) is 0.981. The maximum atomic E-state index is 11.3. The number of carbonyl (C=O) groups excluding carboxylic acids is 1. The molecule has 0 aliphatic heterocycles. The highest BCUT2D eigenvalue weighted by Gasteiger charge is 2.10. The molecule has 1 unspecified atom stereocenters. The van der Waals surface area contributed by atoms with Crippen molar-refractivity contribution in [3.8, 4) is 0 Å². The summed E-state index contributed by atoms with van der Waals surface area (Å²) in [4.78, 5) is 11.3. The zero-order valence-corrected chi connectivity index (χ0v) is 7.86. The molecule has 14 heavy (non-hydrogen) atoms. The lowest BCUT2D eigenvalue weighted by atomic mass is 10.2. The number of amides is 1. The number of nitrogens with one attached hydrogen (secondary N) is 2. The third kappa shape index (κ3) is 3.02. The second-order valence-corrected chi connectivity index (χ2v) is 2.96. The Morgan fingerprint density at radius 3 is 3.21 bits per heavy atom. The average Bonchev–Trinajstić information content (AvgIpc) is 2.67. The highest BCUT2D eigenvalue weighted by molar-refractivity contribution is 5.81. The summed E-state index contributed by atoms with van der Waals surface area (Å²) in [6.45, 7) is 3.96. The van der Waals surface area contributed by atoms with Crippen molar-refractivity contribution in [2.75, 3.05) is 0 Å². The van der Waals surface area contributed by atoms with Crippen molar-refractivity contribution in [2.45, 2.75) is 19.0 Å². The van der Waals surface area contributed by atoms with Gasteiger partial charge in [-0.05, 0) is 6.42 Å². The predicted octanol–water partition coefficient (Wildman–Crippen LogP) is -0.0707. The lowest BCUT2D eigenvalue weighted by Gasteiger charge is -2.08. The van der Waals surface area contributed by atoms with E-state index in [1.165, 1.54) is 0 Å². The molecule has 4 N–H and O–H groups in total. The SMILES string of the molecule is C=CCC(N)C(=O)NCc1cn[nH]c1. The van der Waals surface area contributed by atoms with Crippen LogP contribution in [-0.2, 0) is 11.3 Å². The molecule has 0 radical (unpaired) electrons. The van der Waals surface area contributed by atoms with Crippen molar-refractivity contribution in [1.29, 1.82) is 0 Å². The molecule has 0 spiro atoms. The largest absolute Gasteiger partial charge is 0.351 e. The third-order valence-corrected chi connectivity index (χ3v) is 1.78. The second-order valence-electron chi connectivity index (χ2n) is 2.96. The van der Waals surface area contributed by atoms with Crippen LogP contribution in [0.5, 0.6) is 0 Å². The van der Waals surface area contributed by atoms with Crippen molar-refractivity contribution in [1.82, 2.24) is 15.5 Å². The van der Waals surface area contributed by atoms with E-state index in [2.05, 4.69) is 22.1 Å². The Bertz CT molecular complexity index is 294. The number of aromatic amines is 1. The Morgan fingerprint density at radius 1 is 1.86 bits per heavy atom. The molecule has 0 saturated heterocycles. The van der Waals surface area contributed by atoms with Crippen LogP contribution in [0.2, 0.25) is 0 Å². The van der Waals surface area contributed by atoms with E-state index in [1.54, 1.807) is 18.5 Å². The van der Waals surface area contributed by atoms with Gasteiger partial charge in [0.25, 0.3) is 0 Å². The number of nitrogens with zero attached hydrogens (tertiary/aromatic N) is 1. The van der Waals surface area contributed by atoms with E-state index in [-0.39, 0.29) is 5.91 Å². The van der Waals surface area contributed by atoms with Crippen LogP contribution in [0.3, 0.4) is 0 Å². The fourth-order valence-electron chi connectivity index (χ4n) is 0.981. The number of rotatable bonds is 5. The lowest BCUT2D eigenvalue weighted by molar-refractivity contribution is -0.122. The molecule has 76 valence electrons. The summed E-state index contributed by atoms with van der Waals surface area (Å²) in [5.41, 5.74) is 6.48. The van der Waals surface area contributed by atoms with Gasteiger partial charge in [-0.25, -0.2) is 0 Å². The molecular formula is C9H14N4O. The molecule has 0 bridgehead atoms. The molecule has 1 aromatic heterocycles. The van der Waals surface area contributed by atoms with E-state index < -0.39 is 6.04 Å². The van der Waals surface area contributed by atoms with E-state index >= 15 is 0 Å². The first-order valence-electron chi connectivity index (χ1n) is 4.36. The van der Waals surface area contributed by atoms with Gasteiger partial charge in [0.2, 0.25) is 5.91 Å². The minimum absolute atomic E-state index is 0.175. The van der Waals surface area contributed by atoms with Gasteiger partial charge in [-0.2, -0.15) is 5.10 Å². The molecule has 5 nitrogen and oxygen atoms in total. The van der Waals surface area contributed by atoms with E-state index in [0.29, 0.717) is 13.0 Å². The molecule has 0 aliphatic carbocycles. The van der Waals surface area contributed by atoms with Crippen LogP contribution in [0, 0.1) is 0 Å². The van der Waals surface area contributed by atoms with Crippen molar-refractivity contribution in [2.24, 2.45) is 5.73 Å². The van der Waals surface area contributed by atoms with Gasteiger partial charge in [-0.15, -0.1) is 6.58 Å². The van der Waals surface area contributed by atoms with Crippen LogP contribution < -0.4 is 11.1 Å². The molecule has 1 atom stereocenters. The zero-order valence-electron chi connectivity index (χ0n) is 7.86. The van der Waals surface area contributed by atoms with E-state index in [9.17, 15) is 4.79 Å². The summed E-state index contributed by atoms with van der Waals surface area (Å²) in [5.74, 6) is -0.175. The minimum atomic E-state index is -0.514. The van der Waals surface area contributed by atoms with Crippen LogP contribution in [0.25, 0.3) is 0 Å². The Labute approximate surface area is 82.4 Å². The highest BCUT2D eigenvalue weighted by atomic mass is 16.2. The number of aromatic nitrogens is 2. The predicted molar refractivity (Wildman–Crippen MR) is 53.2 cm³/mol. The second kappa shape index (κ2) is 5.18. The molecule has 0 saturated carbocycles. The molecule has 1 heterocycles. The van der Waals surface area contributed by atoms with Crippen LogP contribution in [0.1, 0.15) is 12.0 Å². The minimum Gasteiger partial charge on any atom is -0.351 e. The highest BCUT2D eigenvalue weighted by Crippen LogP contribution is 1.94. The molecule has 5 heteroatoms. The van der Waals surface area contributed by atoms with Gasteiger partial charge >= 0.3 is 0 Å². The summed E-state index contributed by atoms with van der Waals surface area (Å²) in [6.07, 6.45) is 5.48. The monoisotopic (exact) mass is 194 g/mol.